The Hall–Kier alpha value is -1.59. The van der Waals surface area contributed by atoms with Crippen molar-refractivity contribution < 1.29 is 14.6 Å². The topological polar surface area (TPSA) is 61.8 Å². The van der Waals surface area contributed by atoms with Gasteiger partial charge in [0.25, 0.3) is 0 Å². The molecule has 1 aromatic rings. The van der Waals surface area contributed by atoms with E-state index < -0.39 is 6.10 Å². The zero-order valence-corrected chi connectivity index (χ0v) is 11.6. The van der Waals surface area contributed by atoms with E-state index >= 15 is 0 Å². The number of carbonyl (C=O) groups excluding carboxylic acids is 1. The second kappa shape index (κ2) is 5.42. The number of hydrogen-bond donors (Lipinski definition) is 2. The lowest BCUT2D eigenvalue weighted by Gasteiger charge is -2.32. The van der Waals surface area contributed by atoms with Gasteiger partial charge >= 0.3 is 0 Å². The summed E-state index contributed by atoms with van der Waals surface area (Å²) in [4.78, 5) is 14.4. The number of benzene rings is 1. The Bertz CT molecular complexity index is 506. The third-order valence-corrected chi connectivity index (χ3v) is 4.25. The summed E-state index contributed by atoms with van der Waals surface area (Å²) in [7, 11) is 1.78. The van der Waals surface area contributed by atoms with Crippen molar-refractivity contribution in [3.63, 3.8) is 0 Å². The van der Waals surface area contributed by atoms with Gasteiger partial charge in [-0.2, -0.15) is 0 Å². The molecule has 1 aromatic carbocycles. The molecule has 0 aromatic heterocycles. The van der Waals surface area contributed by atoms with Crippen LogP contribution in [0, 0.1) is 0 Å². The predicted molar refractivity (Wildman–Crippen MR) is 74.7 cm³/mol. The van der Waals surface area contributed by atoms with Crippen LogP contribution in [0.25, 0.3) is 0 Å². The minimum absolute atomic E-state index is 0.0634. The van der Waals surface area contributed by atoms with Crippen molar-refractivity contribution in [2.24, 2.45) is 0 Å². The lowest BCUT2D eigenvalue weighted by atomic mass is 9.91. The average Bonchev–Trinajstić information content (AvgIpc) is 2.91. The van der Waals surface area contributed by atoms with Gasteiger partial charge in [-0.1, -0.05) is 18.2 Å². The number of fused-ring (bicyclic) bond motifs is 1. The molecule has 108 valence electrons. The fourth-order valence-electron chi connectivity index (χ4n) is 3.05. The highest BCUT2D eigenvalue weighted by Gasteiger charge is 2.36. The van der Waals surface area contributed by atoms with Gasteiger partial charge in [0.05, 0.1) is 24.7 Å². The largest absolute Gasteiger partial charge is 0.493 e. The SMILES string of the molecule is CN(C(=O)C1CCOc2ccccc21)[C@@H]1CNC[C@H]1O. The summed E-state index contributed by atoms with van der Waals surface area (Å²) in [5, 5.41) is 13.0. The molecule has 1 fully saturated rings. The first kappa shape index (κ1) is 13.4. The van der Waals surface area contributed by atoms with Crippen LogP contribution in [0.3, 0.4) is 0 Å². The molecule has 1 unspecified atom stereocenters. The van der Waals surface area contributed by atoms with Crippen LogP contribution in [0.5, 0.6) is 5.75 Å². The second-order valence-corrected chi connectivity index (χ2v) is 5.47. The Morgan fingerprint density at radius 1 is 1.40 bits per heavy atom. The summed E-state index contributed by atoms with van der Waals surface area (Å²) in [5.41, 5.74) is 0.955. The van der Waals surface area contributed by atoms with Gasteiger partial charge < -0.3 is 20.1 Å². The molecule has 20 heavy (non-hydrogen) atoms. The molecule has 2 aliphatic rings. The first-order valence-electron chi connectivity index (χ1n) is 7.05. The first-order chi connectivity index (χ1) is 9.68. The highest BCUT2D eigenvalue weighted by molar-refractivity contribution is 5.85. The smallest absolute Gasteiger partial charge is 0.230 e. The number of para-hydroxylation sites is 1. The molecule has 0 spiro atoms. The molecule has 5 heteroatoms. The number of nitrogens with one attached hydrogen (secondary N) is 1. The molecule has 2 heterocycles. The van der Waals surface area contributed by atoms with E-state index in [0.717, 1.165) is 11.3 Å². The van der Waals surface area contributed by atoms with Crippen LogP contribution in [0.2, 0.25) is 0 Å². The van der Waals surface area contributed by atoms with Crippen molar-refractivity contribution in [1.82, 2.24) is 10.2 Å². The molecule has 2 N–H and O–H groups in total. The van der Waals surface area contributed by atoms with Crippen molar-refractivity contribution >= 4 is 5.91 Å². The number of aliphatic hydroxyl groups is 1. The molecule has 0 aliphatic carbocycles. The molecule has 1 amide bonds. The fraction of sp³-hybridized carbons (Fsp3) is 0.533. The summed E-state index contributed by atoms with van der Waals surface area (Å²) in [6, 6.07) is 7.56. The van der Waals surface area contributed by atoms with Gasteiger partial charge in [-0.3, -0.25) is 4.79 Å². The molecule has 5 nitrogen and oxygen atoms in total. The molecule has 0 radical (unpaired) electrons. The van der Waals surface area contributed by atoms with Gasteiger partial charge in [-0.25, -0.2) is 0 Å². The Kier molecular flexibility index (Phi) is 3.63. The van der Waals surface area contributed by atoms with Crippen molar-refractivity contribution in [3.8, 4) is 5.75 Å². The highest BCUT2D eigenvalue weighted by atomic mass is 16.5. The number of rotatable bonds is 2. The number of carbonyl (C=O) groups is 1. The minimum Gasteiger partial charge on any atom is -0.493 e. The van der Waals surface area contributed by atoms with Crippen LogP contribution in [0.15, 0.2) is 24.3 Å². The maximum Gasteiger partial charge on any atom is 0.230 e. The zero-order chi connectivity index (χ0) is 14.1. The van der Waals surface area contributed by atoms with Gasteiger partial charge in [0.15, 0.2) is 0 Å². The maximum atomic E-state index is 12.7. The number of nitrogens with zero attached hydrogens (tertiary/aromatic N) is 1. The van der Waals surface area contributed by atoms with Crippen LogP contribution >= 0.6 is 0 Å². The van der Waals surface area contributed by atoms with E-state index in [9.17, 15) is 9.90 Å². The lowest BCUT2D eigenvalue weighted by molar-refractivity contribution is -0.135. The van der Waals surface area contributed by atoms with Gasteiger partial charge in [-0.05, 0) is 12.5 Å². The van der Waals surface area contributed by atoms with E-state index in [-0.39, 0.29) is 17.9 Å². The maximum absolute atomic E-state index is 12.7. The van der Waals surface area contributed by atoms with Crippen molar-refractivity contribution in [2.45, 2.75) is 24.5 Å². The molecule has 0 saturated carbocycles. The summed E-state index contributed by atoms with van der Waals surface area (Å²) in [5.74, 6) is 0.696. The molecule has 3 rings (SSSR count). The van der Waals surface area contributed by atoms with Crippen LogP contribution in [-0.2, 0) is 4.79 Å². The summed E-state index contributed by atoms with van der Waals surface area (Å²) in [6.45, 7) is 1.76. The van der Waals surface area contributed by atoms with E-state index in [1.54, 1.807) is 11.9 Å². The summed E-state index contributed by atoms with van der Waals surface area (Å²) >= 11 is 0. The van der Waals surface area contributed by atoms with Crippen molar-refractivity contribution in [3.05, 3.63) is 29.8 Å². The number of ether oxygens (including phenoxy) is 1. The summed E-state index contributed by atoms with van der Waals surface area (Å²) in [6.07, 6.45) is 0.204. The molecule has 0 bridgehead atoms. The predicted octanol–water partition coefficient (Wildman–Crippen LogP) is 0.344. The molecule has 2 aliphatic heterocycles. The fourth-order valence-corrected chi connectivity index (χ4v) is 3.05. The highest BCUT2D eigenvalue weighted by Crippen LogP contribution is 2.34. The number of hydrogen-bond acceptors (Lipinski definition) is 4. The van der Waals surface area contributed by atoms with Crippen LogP contribution in [-0.4, -0.2) is 54.8 Å². The zero-order valence-electron chi connectivity index (χ0n) is 11.6. The standard InChI is InChI=1S/C15H20N2O3/c1-17(12-8-16-9-13(12)18)15(19)11-6-7-20-14-5-3-2-4-10(11)14/h2-5,11-13,16,18H,6-9H2,1H3/t11?,12-,13-/m1/s1. The summed E-state index contributed by atoms with van der Waals surface area (Å²) < 4.78 is 5.60. The number of amides is 1. The van der Waals surface area contributed by atoms with Gasteiger partial charge in [0.2, 0.25) is 5.91 Å². The van der Waals surface area contributed by atoms with Crippen LogP contribution in [0.4, 0.5) is 0 Å². The van der Waals surface area contributed by atoms with Crippen LogP contribution in [0.1, 0.15) is 17.9 Å². The Balaban J connectivity index is 1.81. The van der Waals surface area contributed by atoms with E-state index in [1.807, 2.05) is 24.3 Å². The van der Waals surface area contributed by atoms with Gasteiger partial charge in [-0.15, -0.1) is 0 Å². The van der Waals surface area contributed by atoms with E-state index in [4.69, 9.17) is 4.74 Å². The first-order valence-corrected chi connectivity index (χ1v) is 7.05. The van der Waals surface area contributed by atoms with E-state index in [1.165, 1.54) is 0 Å². The van der Waals surface area contributed by atoms with E-state index in [0.29, 0.717) is 26.1 Å². The molecular formula is C15H20N2O3. The van der Waals surface area contributed by atoms with Crippen molar-refractivity contribution in [2.75, 3.05) is 26.7 Å². The minimum atomic E-state index is -0.487. The molecule has 1 saturated heterocycles. The molecule has 3 atom stereocenters. The van der Waals surface area contributed by atoms with Gasteiger partial charge in [0, 0.05) is 25.7 Å². The Morgan fingerprint density at radius 2 is 2.20 bits per heavy atom. The lowest BCUT2D eigenvalue weighted by Crippen LogP contribution is -2.46. The molecular weight excluding hydrogens is 256 g/mol. The van der Waals surface area contributed by atoms with E-state index in [2.05, 4.69) is 5.32 Å². The third-order valence-electron chi connectivity index (χ3n) is 4.25. The normalized spacial score (nSPS) is 28.6. The van der Waals surface area contributed by atoms with Crippen molar-refractivity contribution in [1.29, 1.82) is 0 Å². The monoisotopic (exact) mass is 276 g/mol. The quantitative estimate of drug-likeness (QED) is 0.818. The third kappa shape index (κ3) is 2.27. The number of β-amino-alcohol motifs (C(OH)–C–C–N with tert-alkyl or cyclic N) is 1. The van der Waals surface area contributed by atoms with Crippen LogP contribution < -0.4 is 10.1 Å². The second-order valence-electron chi connectivity index (χ2n) is 5.47. The van der Waals surface area contributed by atoms with Gasteiger partial charge in [0.1, 0.15) is 5.75 Å². The number of aliphatic hydroxyl groups excluding tert-OH is 1. The Morgan fingerprint density at radius 3 is 2.95 bits per heavy atom. The number of likely N-dealkylation sites (N-methyl/N-ethyl adjacent to an activating group) is 1. The average molecular weight is 276 g/mol. The Labute approximate surface area is 118 Å².